The number of carbonyl (C=O) groups excluding carboxylic acids is 1. The SMILES string of the molecule is CC(=O)n1ccn2ccnc12. The van der Waals surface area contributed by atoms with E-state index < -0.39 is 0 Å². The maximum Gasteiger partial charge on any atom is 0.230 e. The Kier molecular flexibility index (Phi) is 1.09. The minimum absolute atomic E-state index is 0.0220. The molecule has 0 aliphatic heterocycles. The molecule has 0 amide bonds. The van der Waals surface area contributed by atoms with Crippen molar-refractivity contribution in [2.24, 2.45) is 0 Å². The standard InChI is InChI=1S/C7H7N3O/c1-6(11)10-5-4-9-3-2-8-7(9)10/h2-5H,1H3. The Labute approximate surface area is 63.1 Å². The van der Waals surface area contributed by atoms with Crippen LogP contribution in [0.2, 0.25) is 0 Å². The van der Waals surface area contributed by atoms with Gasteiger partial charge in [-0.3, -0.25) is 13.8 Å². The van der Waals surface area contributed by atoms with Crippen LogP contribution in [-0.4, -0.2) is 19.9 Å². The molecule has 0 fully saturated rings. The minimum atomic E-state index is -0.0220. The molecular weight excluding hydrogens is 142 g/mol. The lowest BCUT2D eigenvalue weighted by atomic mass is 10.7. The Bertz CT molecular complexity index is 398. The monoisotopic (exact) mass is 149 g/mol. The summed E-state index contributed by atoms with van der Waals surface area (Å²) in [5.74, 6) is 0.642. The smallest absolute Gasteiger partial charge is 0.230 e. The van der Waals surface area contributed by atoms with Gasteiger partial charge in [-0.15, -0.1) is 0 Å². The van der Waals surface area contributed by atoms with Crippen molar-refractivity contribution < 1.29 is 4.79 Å². The first-order valence-electron chi connectivity index (χ1n) is 3.30. The van der Waals surface area contributed by atoms with Crippen molar-refractivity contribution in [1.82, 2.24) is 14.0 Å². The van der Waals surface area contributed by atoms with Gasteiger partial charge in [0, 0.05) is 31.7 Å². The van der Waals surface area contributed by atoms with Crippen LogP contribution in [-0.2, 0) is 0 Å². The van der Waals surface area contributed by atoms with Gasteiger partial charge in [0.2, 0.25) is 11.7 Å². The second-order valence-corrected chi connectivity index (χ2v) is 2.32. The molecule has 2 heterocycles. The van der Waals surface area contributed by atoms with Crippen LogP contribution >= 0.6 is 0 Å². The predicted molar refractivity (Wildman–Crippen MR) is 39.5 cm³/mol. The predicted octanol–water partition coefficient (Wildman–Crippen LogP) is 0.796. The second kappa shape index (κ2) is 1.95. The number of rotatable bonds is 0. The fourth-order valence-electron chi connectivity index (χ4n) is 1.06. The molecule has 2 rings (SSSR count). The highest BCUT2D eigenvalue weighted by Crippen LogP contribution is 2.01. The van der Waals surface area contributed by atoms with Crippen molar-refractivity contribution in [3.8, 4) is 0 Å². The van der Waals surface area contributed by atoms with Crippen LogP contribution < -0.4 is 0 Å². The van der Waals surface area contributed by atoms with Crippen LogP contribution in [0, 0.1) is 0 Å². The molecule has 0 aromatic carbocycles. The van der Waals surface area contributed by atoms with Crippen LogP contribution in [0.25, 0.3) is 5.78 Å². The van der Waals surface area contributed by atoms with Crippen LogP contribution in [0.15, 0.2) is 24.8 Å². The van der Waals surface area contributed by atoms with Crippen LogP contribution in [0.3, 0.4) is 0 Å². The molecule has 0 saturated heterocycles. The summed E-state index contributed by atoms with van der Waals surface area (Å²) in [5, 5.41) is 0. The van der Waals surface area contributed by atoms with E-state index in [1.165, 1.54) is 11.5 Å². The van der Waals surface area contributed by atoms with E-state index >= 15 is 0 Å². The topological polar surface area (TPSA) is 39.3 Å². The maximum atomic E-state index is 10.9. The Morgan fingerprint density at radius 3 is 3.00 bits per heavy atom. The largest absolute Gasteiger partial charge is 0.291 e. The fourth-order valence-corrected chi connectivity index (χ4v) is 1.06. The van der Waals surface area contributed by atoms with Crippen molar-refractivity contribution in [3.63, 3.8) is 0 Å². The number of hydrogen-bond acceptors (Lipinski definition) is 2. The molecule has 4 nitrogen and oxygen atoms in total. The lowest BCUT2D eigenvalue weighted by Gasteiger charge is -1.91. The molecule has 4 heteroatoms. The Balaban J connectivity index is 2.78. The van der Waals surface area contributed by atoms with Gasteiger partial charge < -0.3 is 0 Å². The first-order chi connectivity index (χ1) is 5.29. The third kappa shape index (κ3) is 0.756. The molecular formula is C7H7N3O. The number of aromatic nitrogens is 3. The molecule has 0 spiro atoms. The summed E-state index contributed by atoms with van der Waals surface area (Å²) in [6, 6.07) is 0. The van der Waals surface area contributed by atoms with E-state index in [4.69, 9.17) is 0 Å². The summed E-state index contributed by atoms with van der Waals surface area (Å²) >= 11 is 0. The Hall–Kier alpha value is -1.58. The summed E-state index contributed by atoms with van der Waals surface area (Å²) < 4.78 is 3.29. The highest BCUT2D eigenvalue weighted by Gasteiger charge is 2.03. The highest BCUT2D eigenvalue weighted by molar-refractivity contribution is 5.79. The Morgan fingerprint density at radius 2 is 2.27 bits per heavy atom. The van der Waals surface area contributed by atoms with E-state index in [0.717, 1.165) is 0 Å². The molecule has 2 aromatic rings. The molecule has 0 aliphatic carbocycles. The van der Waals surface area contributed by atoms with E-state index in [1.807, 2.05) is 0 Å². The number of fused-ring (bicyclic) bond motifs is 1. The summed E-state index contributed by atoms with van der Waals surface area (Å²) in [6.07, 6.45) is 6.96. The van der Waals surface area contributed by atoms with Gasteiger partial charge in [-0.2, -0.15) is 0 Å². The van der Waals surface area contributed by atoms with Crippen LogP contribution in [0.5, 0.6) is 0 Å². The molecule has 0 saturated carbocycles. The van der Waals surface area contributed by atoms with Crippen molar-refractivity contribution in [2.75, 3.05) is 0 Å². The van der Waals surface area contributed by atoms with Crippen LogP contribution in [0.4, 0.5) is 0 Å². The zero-order valence-electron chi connectivity index (χ0n) is 6.06. The van der Waals surface area contributed by atoms with Gasteiger partial charge in [-0.1, -0.05) is 0 Å². The van der Waals surface area contributed by atoms with E-state index in [9.17, 15) is 4.79 Å². The van der Waals surface area contributed by atoms with Crippen molar-refractivity contribution >= 4 is 11.7 Å². The summed E-state index contributed by atoms with van der Waals surface area (Å²) in [5.41, 5.74) is 0. The van der Waals surface area contributed by atoms with E-state index in [0.29, 0.717) is 5.78 Å². The van der Waals surface area contributed by atoms with Gasteiger partial charge in [-0.25, -0.2) is 4.98 Å². The fraction of sp³-hybridized carbons (Fsp3) is 0.143. The first kappa shape index (κ1) is 6.15. The van der Waals surface area contributed by atoms with Crippen molar-refractivity contribution in [3.05, 3.63) is 24.8 Å². The number of nitrogens with zero attached hydrogens (tertiary/aromatic N) is 3. The van der Waals surface area contributed by atoms with Gasteiger partial charge in [-0.05, 0) is 0 Å². The summed E-state index contributed by atoms with van der Waals surface area (Å²) in [6.45, 7) is 1.51. The molecule has 0 unspecified atom stereocenters. The zero-order valence-corrected chi connectivity index (χ0v) is 6.06. The summed E-state index contributed by atoms with van der Waals surface area (Å²) in [7, 11) is 0. The van der Waals surface area contributed by atoms with Crippen LogP contribution in [0.1, 0.15) is 11.7 Å². The quantitative estimate of drug-likeness (QED) is 0.555. The minimum Gasteiger partial charge on any atom is -0.291 e. The van der Waals surface area contributed by atoms with Crippen molar-refractivity contribution in [1.29, 1.82) is 0 Å². The third-order valence-electron chi connectivity index (χ3n) is 1.58. The average molecular weight is 149 g/mol. The average Bonchev–Trinajstić information content (AvgIpc) is 2.41. The lowest BCUT2D eigenvalue weighted by Crippen LogP contribution is -2.03. The van der Waals surface area contributed by atoms with E-state index in [2.05, 4.69) is 4.98 Å². The van der Waals surface area contributed by atoms with Gasteiger partial charge >= 0.3 is 0 Å². The highest BCUT2D eigenvalue weighted by atomic mass is 16.1. The van der Waals surface area contributed by atoms with Gasteiger partial charge in [0.15, 0.2) is 0 Å². The maximum absolute atomic E-state index is 10.9. The number of carbonyl (C=O) groups is 1. The molecule has 0 radical (unpaired) electrons. The van der Waals surface area contributed by atoms with Gasteiger partial charge in [0.1, 0.15) is 0 Å². The third-order valence-corrected chi connectivity index (χ3v) is 1.58. The first-order valence-corrected chi connectivity index (χ1v) is 3.30. The molecule has 2 aromatic heterocycles. The normalized spacial score (nSPS) is 10.6. The molecule has 0 bridgehead atoms. The van der Waals surface area contributed by atoms with E-state index in [-0.39, 0.29) is 5.91 Å². The molecule has 56 valence electrons. The Morgan fingerprint density at radius 1 is 1.45 bits per heavy atom. The summed E-state index contributed by atoms with van der Waals surface area (Å²) in [4.78, 5) is 14.9. The lowest BCUT2D eigenvalue weighted by molar-refractivity contribution is 0.0940. The molecule has 0 aliphatic rings. The van der Waals surface area contributed by atoms with Gasteiger partial charge in [0.25, 0.3) is 0 Å². The molecule has 0 N–H and O–H groups in total. The second-order valence-electron chi connectivity index (χ2n) is 2.32. The number of hydrogen-bond donors (Lipinski definition) is 0. The zero-order chi connectivity index (χ0) is 7.84. The van der Waals surface area contributed by atoms with Gasteiger partial charge in [0.05, 0.1) is 0 Å². The van der Waals surface area contributed by atoms with Crippen molar-refractivity contribution in [2.45, 2.75) is 6.92 Å². The molecule has 0 atom stereocenters. The van der Waals surface area contributed by atoms with E-state index in [1.54, 1.807) is 29.2 Å². The molecule has 11 heavy (non-hydrogen) atoms. The number of imidazole rings is 2.